The maximum atomic E-state index is 5.17. The number of fused-ring (bicyclic) bond motifs is 6. The molecule has 4 nitrogen and oxygen atoms in total. The topological polar surface area (TPSA) is 43.1 Å². The van der Waals surface area contributed by atoms with Gasteiger partial charge in [-0.2, -0.15) is 0 Å². The van der Waals surface area contributed by atoms with Crippen LogP contribution in [0.4, 0.5) is 0 Å². The van der Waals surface area contributed by atoms with Gasteiger partial charge in [-0.1, -0.05) is 36.4 Å². The molecule has 0 radical (unpaired) electrons. The van der Waals surface area contributed by atoms with Gasteiger partial charge in [0.1, 0.15) is 20.7 Å². The average molecular weight is 532 g/mol. The van der Waals surface area contributed by atoms with Crippen molar-refractivity contribution in [3.8, 4) is 5.82 Å². The number of halogens is 2. The summed E-state index contributed by atoms with van der Waals surface area (Å²) in [6.07, 6.45) is 5.74. The second-order valence-corrected chi connectivity index (χ2v) is 9.09. The molecule has 31 heavy (non-hydrogen) atoms. The molecular weight excluding hydrogens is 516 g/mol. The van der Waals surface area contributed by atoms with Crippen molar-refractivity contribution in [3.05, 3.63) is 88.7 Å². The minimum absolute atomic E-state index is 0.818. The summed E-state index contributed by atoms with van der Waals surface area (Å²) in [5, 5.41) is 3.44. The Morgan fingerprint density at radius 1 is 0.871 bits per heavy atom. The van der Waals surface area contributed by atoms with Crippen molar-refractivity contribution in [3.63, 3.8) is 0 Å². The number of benzene rings is 2. The quantitative estimate of drug-likeness (QED) is 0.217. The summed E-state index contributed by atoms with van der Waals surface area (Å²) in [6.45, 7) is 0. The molecule has 6 heteroatoms. The second-order valence-electron chi connectivity index (χ2n) is 7.53. The zero-order valence-electron chi connectivity index (χ0n) is 16.4. The van der Waals surface area contributed by atoms with Crippen LogP contribution in [-0.2, 0) is 6.42 Å². The third-order valence-corrected chi connectivity index (χ3v) is 6.85. The van der Waals surface area contributed by atoms with Gasteiger partial charge in [-0.3, -0.25) is 4.57 Å². The van der Waals surface area contributed by atoms with E-state index < -0.39 is 0 Å². The summed E-state index contributed by atoms with van der Waals surface area (Å²) in [5.41, 5.74) is 5.33. The van der Waals surface area contributed by atoms with Crippen molar-refractivity contribution >= 4 is 69.3 Å². The molecule has 0 N–H and O–H groups in total. The lowest BCUT2D eigenvalue weighted by Crippen LogP contribution is -2.05. The Bertz CT molecular complexity index is 1510. The third-order valence-electron chi connectivity index (χ3n) is 5.75. The Morgan fingerprint density at radius 3 is 2.65 bits per heavy atom. The van der Waals surface area contributed by atoms with Crippen LogP contribution in [0.5, 0.6) is 0 Å². The average Bonchev–Trinajstić information content (AvgIpc) is 3.12. The molecule has 0 amide bonds. The SMILES string of the molecule is BrC1=C/CCc2c(ccc3ccc(-n4c5ccccc5c5cccnc54)nc23)/C(Br)=N\1. The summed E-state index contributed by atoms with van der Waals surface area (Å²) in [7, 11) is 0. The van der Waals surface area contributed by atoms with Crippen molar-refractivity contribution in [1.82, 2.24) is 14.5 Å². The van der Waals surface area contributed by atoms with Crippen LogP contribution in [-0.4, -0.2) is 19.2 Å². The Labute approximate surface area is 195 Å². The fourth-order valence-corrected chi connectivity index (χ4v) is 5.58. The fraction of sp³-hybridized carbons (Fsp3) is 0.0800. The van der Waals surface area contributed by atoms with Crippen molar-refractivity contribution < 1.29 is 0 Å². The number of hydrogen-bond donors (Lipinski definition) is 0. The van der Waals surface area contributed by atoms with Crippen LogP contribution >= 0.6 is 31.9 Å². The Balaban J connectivity index is 1.66. The number of rotatable bonds is 1. The molecule has 2 aromatic carbocycles. The highest BCUT2D eigenvalue weighted by molar-refractivity contribution is 9.18. The van der Waals surface area contributed by atoms with Gasteiger partial charge in [0.05, 0.1) is 11.0 Å². The number of aliphatic imine (C=N–C) groups is 1. The predicted octanol–water partition coefficient (Wildman–Crippen LogP) is 7.05. The second kappa shape index (κ2) is 7.39. The molecule has 3 aromatic heterocycles. The van der Waals surface area contributed by atoms with Crippen LogP contribution in [0.3, 0.4) is 0 Å². The molecule has 150 valence electrons. The number of pyridine rings is 2. The van der Waals surface area contributed by atoms with Crippen LogP contribution in [0, 0.1) is 0 Å². The normalized spacial score (nSPS) is 17.6. The largest absolute Gasteiger partial charge is 0.278 e. The molecule has 0 fully saturated rings. The summed E-state index contributed by atoms with van der Waals surface area (Å²) in [6, 6.07) is 21.0. The van der Waals surface area contributed by atoms with Gasteiger partial charge in [-0.15, -0.1) is 0 Å². The maximum Gasteiger partial charge on any atom is 0.146 e. The molecule has 4 heterocycles. The lowest BCUT2D eigenvalue weighted by molar-refractivity contribution is 0.989. The van der Waals surface area contributed by atoms with Gasteiger partial charge >= 0.3 is 0 Å². The molecule has 0 saturated carbocycles. The van der Waals surface area contributed by atoms with E-state index in [0.29, 0.717) is 0 Å². The molecule has 0 bridgehead atoms. The summed E-state index contributed by atoms with van der Waals surface area (Å²) >= 11 is 7.17. The van der Waals surface area contributed by atoms with Gasteiger partial charge in [-0.05, 0) is 80.6 Å². The van der Waals surface area contributed by atoms with Crippen LogP contribution in [0.2, 0.25) is 0 Å². The first-order chi connectivity index (χ1) is 15.2. The van der Waals surface area contributed by atoms with E-state index in [2.05, 4.69) is 102 Å². The smallest absolute Gasteiger partial charge is 0.146 e. The van der Waals surface area contributed by atoms with Gasteiger partial charge in [0.25, 0.3) is 0 Å². The van der Waals surface area contributed by atoms with E-state index in [4.69, 9.17) is 9.97 Å². The van der Waals surface area contributed by atoms with Crippen LogP contribution in [0.15, 0.2) is 82.5 Å². The molecule has 0 saturated heterocycles. The van der Waals surface area contributed by atoms with Crippen molar-refractivity contribution in [2.75, 3.05) is 0 Å². The van der Waals surface area contributed by atoms with Crippen LogP contribution in [0.1, 0.15) is 17.5 Å². The number of hydrogen-bond acceptors (Lipinski definition) is 3. The van der Waals surface area contributed by atoms with Gasteiger partial charge in [0, 0.05) is 27.9 Å². The first-order valence-electron chi connectivity index (χ1n) is 10.1. The Kier molecular flexibility index (Phi) is 4.51. The number of allylic oxidation sites excluding steroid dienone is 1. The molecule has 1 aliphatic heterocycles. The number of aromatic nitrogens is 3. The highest BCUT2D eigenvalue weighted by Crippen LogP contribution is 2.32. The summed E-state index contributed by atoms with van der Waals surface area (Å²) < 4.78 is 3.83. The highest BCUT2D eigenvalue weighted by atomic mass is 79.9. The number of aryl methyl sites for hydroxylation is 1. The zero-order valence-corrected chi connectivity index (χ0v) is 19.6. The summed E-state index contributed by atoms with van der Waals surface area (Å²) in [5.74, 6) is 0.873. The van der Waals surface area contributed by atoms with Gasteiger partial charge in [0.15, 0.2) is 0 Å². The molecule has 0 unspecified atom stereocenters. The molecule has 6 rings (SSSR count). The number of nitrogens with zero attached hydrogens (tertiary/aromatic N) is 4. The first kappa shape index (κ1) is 18.9. The first-order valence-corrected chi connectivity index (χ1v) is 11.7. The van der Waals surface area contributed by atoms with E-state index in [1.165, 1.54) is 10.9 Å². The zero-order chi connectivity index (χ0) is 20.9. The minimum atomic E-state index is 0.818. The van der Waals surface area contributed by atoms with E-state index in [1.54, 1.807) is 0 Å². The van der Waals surface area contributed by atoms with Gasteiger partial charge in [0.2, 0.25) is 0 Å². The maximum absolute atomic E-state index is 5.17. The van der Waals surface area contributed by atoms with Gasteiger partial charge in [-0.25, -0.2) is 15.0 Å². The predicted molar refractivity (Wildman–Crippen MR) is 135 cm³/mol. The molecular formula is C25H16Br2N4. The van der Waals surface area contributed by atoms with E-state index >= 15 is 0 Å². The Morgan fingerprint density at radius 2 is 1.71 bits per heavy atom. The molecule has 0 aliphatic carbocycles. The number of para-hydroxylation sites is 1. The Hall–Kier alpha value is -2.83. The van der Waals surface area contributed by atoms with Gasteiger partial charge < -0.3 is 0 Å². The molecule has 5 aromatic rings. The third kappa shape index (κ3) is 3.05. The van der Waals surface area contributed by atoms with E-state index in [1.807, 2.05) is 12.3 Å². The van der Waals surface area contributed by atoms with E-state index in [-0.39, 0.29) is 0 Å². The van der Waals surface area contributed by atoms with E-state index in [9.17, 15) is 0 Å². The molecule has 0 spiro atoms. The lowest BCUT2D eigenvalue weighted by atomic mass is 9.98. The monoisotopic (exact) mass is 530 g/mol. The molecule has 1 aliphatic rings. The van der Waals surface area contributed by atoms with Crippen LogP contribution in [0.25, 0.3) is 38.7 Å². The van der Waals surface area contributed by atoms with E-state index in [0.717, 1.165) is 60.9 Å². The van der Waals surface area contributed by atoms with Crippen molar-refractivity contribution in [1.29, 1.82) is 0 Å². The lowest BCUT2D eigenvalue weighted by Gasteiger charge is -2.15. The summed E-state index contributed by atoms with van der Waals surface area (Å²) in [4.78, 5) is 14.5. The minimum Gasteiger partial charge on any atom is -0.278 e. The highest BCUT2D eigenvalue weighted by Gasteiger charge is 2.17. The molecule has 0 atom stereocenters. The van der Waals surface area contributed by atoms with Crippen molar-refractivity contribution in [2.45, 2.75) is 12.8 Å². The van der Waals surface area contributed by atoms with Crippen molar-refractivity contribution in [2.24, 2.45) is 4.99 Å². The fourth-order valence-electron chi connectivity index (χ4n) is 4.37. The van der Waals surface area contributed by atoms with Crippen LogP contribution < -0.4 is 0 Å². The standard InChI is InChI=1S/C25H16Br2N4/c26-21-9-3-6-17-18(24(27)29-21)12-10-15-11-13-22(30-23(15)17)31-20-8-2-1-5-16(20)19-7-4-14-28-25(19)31/h1-2,4-5,7-14H,3,6H2/b21-9-,29-24+.